The number of para-hydroxylation sites is 1. The Hall–Kier alpha value is -1.33. The summed E-state index contributed by atoms with van der Waals surface area (Å²) in [6, 6.07) is 7.02. The molecule has 0 bridgehead atoms. The van der Waals surface area contributed by atoms with E-state index in [1.54, 1.807) is 0 Å². The summed E-state index contributed by atoms with van der Waals surface area (Å²) >= 11 is 3.49. The molecule has 1 unspecified atom stereocenters. The van der Waals surface area contributed by atoms with Crippen molar-refractivity contribution in [2.45, 2.75) is 6.04 Å². The van der Waals surface area contributed by atoms with Crippen LogP contribution in [0.4, 0.5) is 0 Å². The van der Waals surface area contributed by atoms with E-state index in [4.69, 9.17) is 5.73 Å². The van der Waals surface area contributed by atoms with Crippen LogP contribution in [0.25, 0.3) is 10.9 Å². The molecule has 1 atom stereocenters. The number of hydrogen-bond donors (Lipinski definition) is 1. The first-order valence-corrected chi connectivity index (χ1v) is 5.92. The van der Waals surface area contributed by atoms with Crippen LogP contribution in [-0.2, 0) is 16.6 Å². The van der Waals surface area contributed by atoms with Crippen molar-refractivity contribution < 1.29 is 9.53 Å². The van der Waals surface area contributed by atoms with E-state index in [1.165, 1.54) is 7.11 Å². The van der Waals surface area contributed by atoms with Crippen molar-refractivity contribution in [3.8, 4) is 0 Å². The Morgan fingerprint density at radius 2 is 2.24 bits per heavy atom. The lowest BCUT2D eigenvalue weighted by Crippen LogP contribution is -2.24. The van der Waals surface area contributed by atoms with Crippen LogP contribution < -0.4 is 5.73 Å². The smallest absolute Gasteiger partial charge is 0.328 e. The molecule has 17 heavy (non-hydrogen) atoms. The molecule has 0 aliphatic carbocycles. The highest BCUT2D eigenvalue weighted by Crippen LogP contribution is 2.28. The monoisotopic (exact) mass is 296 g/mol. The number of methoxy groups -OCH3 is 1. The second-order valence-electron chi connectivity index (χ2n) is 3.81. The number of carbonyl (C=O) groups is 1. The van der Waals surface area contributed by atoms with E-state index in [-0.39, 0.29) is 0 Å². The van der Waals surface area contributed by atoms with Gasteiger partial charge in [0.1, 0.15) is 6.04 Å². The number of nitrogens with two attached hydrogens (primary N) is 1. The van der Waals surface area contributed by atoms with Crippen LogP contribution in [-0.4, -0.2) is 17.6 Å². The van der Waals surface area contributed by atoms with Gasteiger partial charge in [0.25, 0.3) is 0 Å². The van der Waals surface area contributed by atoms with E-state index in [1.807, 2.05) is 35.9 Å². The quantitative estimate of drug-likeness (QED) is 0.864. The van der Waals surface area contributed by atoms with Crippen LogP contribution in [0, 0.1) is 0 Å². The van der Waals surface area contributed by atoms with Crippen LogP contribution in [0.2, 0.25) is 0 Å². The molecule has 0 aliphatic rings. The Kier molecular flexibility index (Phi) is 3.22. The number of rotatable bonds is 2. The van der Waals surface area contributed by atoms with Gasteiger partial charge in [0, 0.05) is 22.6 Å². The van der Waals surface area contributed by atoms with Gasteiger partial charge in [-0.3, -0.25) is 0 Å². The summed E-state index contributed by atoms with van der Waals surface area (Å²) in [5, 5.41) is 1.04. The molecule has 1 aromatic carbocycles. The van der Waals surface area contributed by atoms with Crippen LogP contribution in [0.15, 0.2) is 28.7 Å². The van der Waals surface area contributed by atoms with E-state index < -0.39 is 12.0 Å². The molecule has 0 amide bonds. The molecular formula is C12H13BrN2O2. The van der Waals surface area contributed by atoms with Crippen molar-refractivity contribution in [1.29, 1.82) is 0 Å². The molecule has 2 aromatic rings. The van der Waals surface area contributed by atoms with Crippen molar-refractivity contribution >= 4 is 32.8 Å². The van der Waals surface area contributed by atoms with Gasteiger partial charge in [-0.25, -0.2) is 4.79 Å². The van der Waals surface area contributed by atoms with Gasteiger partial charge in [0.2, 0.25) is 0 Å². The normalized spacial score (nSPS) is 12.7. The van der Waals surface area contributed by atoms with Gasteiger partial charge in [0.05, 0.1) is 12.6 Å². The number of benzene rings is 1. The Balaban J connectivity index is 2.60. The predicted molar refractivity (Wildman–Crippen MR) is 69.6 cm³/mol. The number of aryl methyl sites for hydroxylation is 1. The molecule has 0 fully saturated rings. The largest absolute Gasteiger partial charge is 0.468 e. The number of hydrogen-bond acceptors (Lipinski definition) is 3. The number of ether oxygens (including phenoxy) is 1. The third kappa shape index (κ3) is 1.96. The van der Waals surface area contributed by atoms with E-state index in [9.17, 15) is 4.79 Å². The maximum atomic E-state index is 11.5. The maximum Gasteiger partial charge on any atom is 0.328 e. The molecule has 1 heterocycles. The van der Waals surface area contributed by atoms with Gasteiger partial charge in [-0.1, -0.05) is 12.1 Å². The van der Waals surface area contributed by atoms with Crippen molar-refractivity contribution in [2.24, 2.45) is 12.8 Å². The molecule has 0 radical (unpaired) electrons. The fourth-order valence-corrected chi connectivity index (χ4v) is 2.58. The lowest BCUT2D eigenvalue weighted by atomic mass is 10.2. The number of fused-ring (bicyclic) bond motifs is 1. The van der Waals surface area contributed by atoms with Crippen molar-refractivity contribution in [1.82, 2.24) is 4.57 Å². The summed E-state index contributed by atoms with van der Waals surface area (Å²) in [6.45, 7) is 0. The summed E-state index contributed by atoms with van der Waals surface area (Å²) in [7, 11) is 3.21. The van der Waals surface area contributed by atoms with Gasteiger partial charge in [-0.05, 0) is 28.1 Å². The SMILES string of the molecule is COC(=O)C(N)c1cc2cccc(Br)c2n1C. The highest BCUT2D eigenvalue weighted by molar-refractivity contribution is 9.10. The van der Waals surface area contributed by atoms with Gasteiger partial charge >= 0.3 is 5.97 Å². The Morgan fingerprint density at radius 1 is 1.53 bits per heavy atom. The van der Waals surface area contributed by atoms with Gasteiger partial charge < -0.3 is 15.0 Å². The van der Waals surface area contributed by atoms with Crippen LogP contribution in [0.1, 0.15) is 11.7 Å². The average Bonchev–Trinajstić information content (AvgIpc) is 2.66. The van der Waals surface area contributed by atoms with E-state index >= 15 is 0 Å². The number of carbonyl (C=O) groups excluding carboxylic acids is 1. The average molecular weight is 297 g/mol. The van der Waals surface area contributed by atoms with Crippen molar-refractivity contribution in [2.75, 3.05) is 7.11 Å². The van der Waals surface area contributed by atoms with Crippen LogP contribution >= 0.6 is 15.9 Å². The molecule has 0 saturated carbocycles. The highest BCUT2D eigenvalue weighted by Gasteiger charge is 2.21. The minimum absolute atomic E-state index is 0.438. The van der Waals surface area contributed by atoms with Gasteiger partial charge in [0.15, 0.2) is 0 Å². The number of nitrogens with zero attached hydrogens (tertiary/aromatic N) is 1. The summed E-state index contributed by atoms with van der Waals surface area (Å²) in [6.07, 6.45) is 0. The molecule has 2 N–H and O–H groups in total. The fourth-order valence-electron chi connectivity index (χ4n) is 1.93. The first-order chi connectivity index (χ1) is 8.06. The zero-order valence-electron chi connectivity index (χ0n) is 9.61. The van der Waals surface area contributed by atoms with E-state index in [0.29, 0.717) is 0 Å². The summed E-state index contributed by atoms with van der Waals surface area (Å²) in [5.74, 6) is -0.438. The lowest BCUT2D eigenvalue weighted by molar-refractivity contribution is -0.142. The molecule has 5 heteroatoms. The molecule has 4 nitrogen and oxygen atoms in total. The first kappa shape index (κ1) is 12.1. The van der Waals surface area contributed by atoms with E-state index in [2.05, 4.69) is 20.7 Å². The maximum absolute atomic E-state index is 11.5. The molecule has 0 aliphatic heterocycles. The topological polar surface area (TPSA) is 57.2 Å². The Labute approximate surface area is 107 Å². The summed E-state index contributed by atoms with van der Waals surface area (Å²) < 4.78 is 7.54. The lowest BCUT2D eigenvalue weighted by Gasteiger charge is -2.11. The second kappa shape index (κ2) is 4.50. The third-order valence-corrected chi connectivity index (χ3v) is 3.46. The minimum Gasteiger partial charge on any atom is -0.468 e. The molecule has 2 rings (SSSR count). The molecule has 1 aromatic heterocycles. The van der Waals surface area contributed by atoms with Crippen molar-refractivity contribution in [3.63, 3.8) is 0 Å². The number of aromatic nitrogens is 1. The second-order valence-corrected chi connectivity index (χ2v) is 4.66. The van der Waals surface area contributed by atoms with Crippen LogP contribution in [0.3, 0.4) is 0 Å². The fraction of sp³-hybridized carbons (Fsp3) is 0.250. The molecular weight excluding hydrogens is 284 g/mol. The number of halogens is 1. The zero-order chi connectivity index (χ0) is 12.6. The zero-order valence-corrected chi connectivity index (χ0v) is 11.2. The first-order valence-electron chi connectivity index (χ1n) is 5.13. The third-order valence-electron chi connectivity index (χ3n) is 2.82. The summed E-state index contributed by atoms with van der Waals surface area (Å²) in [4.78, 5) is 11.5. The predicted octanol–water partition coefficient (Wildman–Crippen LogP) is 2.11. The Bertz CT molecular complexity index is 577. The van der Waals surface area contributed by atoms with Crippen molar-refractivity contribution in [3.05, 3.63) is 34.4 Å². The van der Waals surface area contributed by atoms with E-state index in [0.717, 1.165) is 21.1 Å². The standard InChI is InChI=1S/C12H13BrN2O2/c1-15-9(10(14)12(16)17-2)6-7-4-3-5-8(13)11(7)15/h3-6,10H,14H2,1-2H3. The number of esters is 1. The van der Waals surface area contributed by atoms with Gasteiger partial charge in [-0.2, -0.15) is 0 Å². The minimum atomic E-state index is -0.760. The Morgan fingerprint density at radius 3 is 2.82 bits per heavy atom. The van der Waals surface area contributed by atoms with Gasteiger partial charge in [-0.15, -0.1) is 0 Å². The summed E-state index contributed by atoms with van der Waals surface area (Å²) in [5.41, 5.74) is 7.60. The molecule has 0 spiro atoms. The highest BCUT2D eigenvalue weighted by atomic mass is 79.9. The molecule has 90 valence electrons. The molecule has 0 saturated heterocycles. The van der Waals surface area contributed by atoms with Crippen LogP contribution in [0.5, 0.6) is 0 Å².